The molecule has 1 aromatic rings. The predicted octanol–water partition coefficient (Wildman–Crippen LogP) is 14.4. The number of thiazole rings is 1. The van der Waals surface area contributed by atoms with E-state index in [1.165, 1.54) is 11.1 Å². The Kier molecular flexibility index (Phi) is 18.5. The zero-order chi connectivity index (χ0) is 44.9. The van der Waals surface area contributed by atoms with Crippen molar-refractivity contribution in [2.75, 3.05) is 0 Å². The monoisotopic (exact) mass is 878 g/mol. The Bertz CT molecular complexity index is 1570. The van der Waals surface area contributed by atoms with Crippen molar-refractivity contribution < 1.29 is 28.0 Å². The molecule has 1 N–H and O–H groups in total. The van der Waals surface area contributed by atoms with Gasteiger partial charge in [0.1, 0.15) is 5.78 Å². The van der Waals surface area contributed by atoms with Crippen LogP contribution in [0.5, 0.6) is 0 Å². The average molecular weight is 879 g/mol. The average Bonchev–Trinajstić information content (AvgIpc) is 3.43. The summed E-state index contributed by atoms with van der Waals surface area (Å²) >= 11 is 1.68. The Morgan fingerprint density at radius 3 is 1.84 bits per heavy atom. The third kappa shape index (κ3) is 13.9. The van der Waals surface area contributed by atoms with E-state index in [1.54, 1.807) is 11.3 Å². The molecule has 1 heterocycles. The highest BCUT2D eigenvalue weighted by molar-refractivity contribution is 7.09. The molecule has 1 saturated carbocycles. The molecule has 0 amide bonds. The number of rotatable bonds is 22. The van der Waals surface area contributed by atoms with Crippen molar-refractivity contribution in [3.63, 3.8) is 0 Å². The topological polar surface area (TPSA) is 95.0 Å². The van der Waals surface area contributed by atoms with Crippen LogP contribution in [0.2, 0.25) is 54.4 Å². The quantitative estimate of drug-likeness (QED) is 0.0915. The van der Waals surface area contributed by atoms with Crippen LogP contribution < -0.4 is 0 Å². The first kappa shape index (κ1) is 52.9. The summed E-state index contributed by atoms with van der Waals surface area (Å²) in [5.41, 5.74) is 2.77. The van der Waals surface area contributed by atoms with Gasteiger partial charge in [-0.2, -0.15) is 0 Å². The summed E-state index contributed by atoms with van der Waals surface area (Å²) < 4.78 is 21.3. The van der Waals surface area contributed by atoms with Gasteiger partial charge < -0.3 is 18.4 Å². The van der Waals surface area contributed by atoms with Gasteiger partial charge in [-0.15, -0.1) is 11.3 Å². The Labute approximate surface area is 363 Å². The van der Waals surface area contributed by atoms with Gasteiger partial charge in [0.25, 0.3) is 0 Å². The Morgan fingerprint density at radius 1 is 0.897 bits per heavy atom. The van der Waals surface area contributed by atoms with E-state index in [4.69, 9.17) is 18.3 Å². The highest BCUT2D eigenvalue weighted by Crippen LogP contribution is 2.53. The van der Waals surface area contributed by atoms with Crippen LogP contribution in [-0.2, 0) is 22.9 Å². The second kappa shape index (κ2) is 20.3. The van der Waals surface area contributed by atoms with Crippen molar-refractivity contribution in [1.82, 2.24) is 4.98 Å². The minimum absolute atomic E-state index is 0.0140. The molecular weight excluding hydrogens is 791 g/mol. The summed E-state index contributed by atoms with van der Waals surface area (Å²) in [6.45, 7) is 44.6. The lowest BCUT2D eigenvalue weighted by molar-refractivity contribution is -0.156. The number of aromatic nitrogens is 1. The summed E-state index contributed by atoms with van der Waals surface area (Å²) in [7, 11) is -6.69. The molecule has 334 valence electrons. The number of carboxylic acid groups (broad SMARTS) is 1. The summed E-state index contributed by atoms with van der Waals surface area (Å²) in [4.78, 5) is 32.3. The van der Waals surface area contributed by atoms with Gasteiger partial charge in [0, 0.05) is 11.3 Å². The van der Waals surface area contributed by atoms with Gasteiger partial charge >= 0.3 is 5.97 Å². The minimum atomic E-state index is -2.37. The number of carbonyl (C=O) groups excluding carboxylic acids is 1. The molecule has 0 bridgehead atoms. The first-order chi connectivity index (χ1) is 26.2. The SMILES string of the molecule is CC[C@@H](C(=O)C1([C@H](CC(=O)O)O[Si](C)(C)C(C)(C)C)CCC1)[C@H](O[Si](C)(C)C(C)(C)C)[C@@H](C)CCCC(C)=CC[C@H](O[Si](C)(C)C(C)(C)C)C(C)=Cc1csc(C)n1. The number of carbonyl (C=O) groups is 2. The number of hydrogen-bond acceptors (Lipinski definition) is 7. The van der Waals surface area contributed by atoms with Crippen molar-refractivity contribution in [2.24, 2.45) is 17.3 Å². The van der Waals surface area contributed by atoms with Crippen molar-refractivity contribution in [3.05, 3.63) is 33.3 Å². The van der Waals surface area contributed by atoms with E-state index in [0.29, 0.717) is 19.3 Å². The number of allylic oxidation sites excluding steroid dienone is 1. The molecule has 58 heavy (non-hydrogen) atoms. The molecule has 7 nitrogen and oxygen atoms in total. The van der Waals surface area contributed by atoms with E-state index < -0.39 is 42.4 Å². The van der Waals surface area contributed by atoms with Crippen molar-refractivity contribution in [2.45, 2.75) is 227 Å². The molecule has 1 aromatic heterocycles. The molecule has 11 heteroatoms. The molecule has 0 saturated heterocycles. The fraction of sp³-hybridized carbons (Fsp3) is 0.809. The number of nitrogens with zero attached hydrogens (tertiary/aromatic N) is 1. The smallest absolute Gasteiger partial charge is 0.305 e. The van der Waals surface area contributed by atoms with Crippen molar-refractivity contribution in [1.29, 1.82) is 0 Å². The van der Waals surface area contributed by atoms with Gasteiger partial charge in [-0.3, -0.25) is 9.59 Å². The van der Waals surface area contributed by atoms with Crippen LogP contribution in [0.4, 0.5) is 0 Å². The largest absolute Gasteiger partial charge is 0.481 e. The number of hydrogen-bond donors (Lipinski definition) is 1. The van der Waals surface area contributed by atoms with E-state index >= 15 is 4.79 Å². The number of aliphatic carboxylic acids is 1. The molecule has 0 aromatic carbocycles. The van der Waals surface area contributed by atoms with Gasteiger partial charge in [0.05, 0.1) is 40.8 Å². The van der Waals surface area contributed by atoms with Crippen LogP contribution >= 0.6 is 11.3 Å². The number of carboxylic acids is 1. The molecule has 0 radical (unpaired) electrons. The lowest BCUT2D eigenvalue weighted by atomic mass is 9.58. The molecule has 0 spiro atoms. The highest BCUT2D eigenvalue weighted by atomic mass is 32.1. The van der Waals surface area contributed by atoms with Crippen LogP contribution in [0.15, 0.2) is 22.6 Å². The van der Waals surface area contributed by atoms with Gasteiger partial charge in [-0.05, 0) is 138 Å². The second-order valence-electron chi connectivity index (χ2n) is 22.4. The third-order valence-corrected chi connectivity index (χ3v) is 28.8. The van der Waals surface area contributed by atoms with E-state index in [1.807, 2.05) is 6.92 Å². The van der Waals surface area contributed by atoms with Gasteiger partial charge in [-0.1, -0.05) is 94.2 Å². The fourth-order valence-electron chi connectivity index (χ4n) is 7.28. The van der Waals surface area contributed by atoms with Gasteiger partial charge in [0.15, 0.2) is 25.0 Å². The van der Waals surface area contributed by atoms with E-state index in [-0.39, 0.29) is 51.4 Å². The lowest BCUT2D eigenvalue weighted by Crippen LogP contribution is -2.59. The van der Waals surface area contributed by atoms with Crippen molar-refractivity contribution in [3.8, 4) is 0 Å². The maximum atomic E-state index is 15.2. The first-order valence-corrected chi connectivity index (χ1v) is 31.9. The molecule has 2 rings (SSSR count). The van der Waals surface area contributed by atoms with Gasteiger partial charge in [-0.25, -0.2) is 4.98 Å². The molecule has 5 atom stereocenters. The fourth-order valence-corrected chi connectivity index (χ4v) is 12.0. The molecule has 1 aliphatic carbocycles. The zero-order valence-corrected chi connectivity index (χ0v) is 44.6. The molecule has 1 aliphatic rings. The zero-order valence-electron chi connectivity index (χ0n) is 40.8. The summed E-state index contributed by atoms with van der Waals surface area (Å²) in [6.07, 6.45) is 10.2. The molecule has 0 unspecified atom stereocenters. The molecular formula is C47H87NO6SSi3. The van der Waals surface area contributed by atoms with E-state index in [0.717, 1.165) is 42.8 Å². The molecule has 0 aliphatic heterocycles. The van der Waals surface area contributed by atoms with Crippen molar-refractivity contribution >= 4 is 54.1 Å². The number of Topliss-reactive ketones (excluding diaryl/α,β-unsaturated/α-hetero) is 1. The predicted molar refractivity (Wildman–Crippen MR) is 255 cm³/mol. The lowest BCUT2D eigenvalue weighted by Gasteiger charge is -2.52. The Morgan fingerprint density at radius 2 is 1.41 bits per heavy atom. The summed E-state index contributed by atoms with van der Waals surface area (Å²) in [5.74, 6) is -0.916. The van der Waals surface area contributed by atoms with Crippen LogP contribution in [0.3, 0.4) is 0 Å². The van der Waals surface area contributed by atoms with Crippen LogP contribution in [0, 0.1) is 24.2 Å². The standard InChI is InChI=1S/C47H87NO6SSi3/c1-21-38(43(51)47(28-23-29-47)40(31-41(49)50)53-57(17,18)45(9,10)11)42(54-58(19,20)46(12,13)14)34(3)25-22-24-33(2)26-27-39(52-56(15,16)44(6,7)8)35(4)30-37-32-55-36(5)48-37/h26,30,32,34,38-40,42H,21-25,27-29,31H2,1-20H3,(H,49,50)/t34-,38+,39-,40-,42+/m0/s1. The maximum Gasteiger partial charge on any atom is 0.305 e. The molecule has 1 fully saturated rings. The third-order valence-electron chi connectivity index (χ3n) is 14.6. The van der Waals surface area contributed by atoms with Crippen LogP contribution in [0.1, 0.15) is 158 Å². The van der Waals surface area contributed by atoms with Crippen LogP contribution in [-0.4, -0.2) is 65.1 Å². The highest BCUT2D eigenvalue weighted by Gasteiger charge is 2.57. The maximum absolute atomic E-state index is 15.2. The number of ketones is 1. The normalized spacial score (nSPS) is 19.0. The summed E-state index contributed by atoms with van der Waals surface area (Å²) in [6, 6.07) is 0. The van der Waals surface area contributed by atoms with Crippen LogP contribution in [0.25, 0.3) is 6.08 Å². The second-order valence-corrected chi connectivity index (χ2v) is 37.7. The van der Waals surface area contributed by atoms with E-state index in [2.05, 4.69) is 147 Å². The summed E-state index contributed by atoms with van der Waals surface area (Å²) in [5, 5.41) is 13.3. The Balaban J connectivity index is 2.41. The Hall–Kier alpha value is -1.22. The van der Waals surface area contributed by atoms with Gasteiger partial charge in [0.2, 0.25) is 0 Å². The number of aryl methyl sites for hydroxylation is 1. The first-order valence-electron chi connectivity index (χ1n) is 22.3. The minimum Gasteiger partial charge on any atom is -0.481 e. The van der Waals surface area contributed by atoms with E-state index in [9.17, 15) is 9.90 Å².